The van der Waals surface area contributed by atoms with Gasteiger partial charge in [-0.3, -0.25) is 4.79 Å². The lowest BCUT2D eigenvalue weighted by atomic mass is 9.96. The lowest BCUT2D eigenvalue weighted by Gasteiger charge is -2.23. The Morgan fingerprint density at radius 3 is 2.70 bits per heavy atom. The van der Waals surface area contributed by atoms with E-state index >= 15 is 0 Å². The van der Waals surface area contributed by atoms with Crippen LogP contribution in [0.3, 0.4) is 0 Å². The van der Waals surface area contributed by atoms with E-state index in [2.05, 4.69) is 17.3 Å². The smallest absolute Gasteiger partial charge is 0.317 e. The molecule has 6 nitrogen and oxygen atoms in total. The lowest BCUT2D eigenvalue weighted by Crippen LogP contribution is -2.44. The van der Waals surface area contributed by atoms with Crippen LogP contribution in [0, 0.1) is 11.8 Å². The van der Waals surface area contributed by atoms with Gasteiger partial charge in [-0.05, 0) is 38.8 Å². The number of nitrogens with one attached hydrogen (secondary N) is 1. The highest BCUT2D eigenvalue weighted by atomic mass is 16.4. The fraction of sp³-hybridized carbons (Fsp3) is 0.857. The molecule has 2 amide bonds. The highest BCUT2D eigenvalue weighted by Crippen LogP contribution is 2.31. The van der Waals surface area contributed by atoms with Gasteiger partial charge in [0.1, 0.15) is 0 Å². The molecule has 1 aliphatic carbocycles. The van der Waals surface area contributed by atoms with Gasteiger partial charge in [-0.1, -0.05) is 6.42 Å². The first kappa shape index (κ1) is 15.1. The van der Waals surface area contributed by atoms with Crippen LogP contribution in [0.1, 0.15) is 25.7 Å². The monoisotopic (exact) mass is 283 g/mol. The normalized spacial score (nSPS) is 28.1. The largest absolute Gasteiger partial charge is 0.481 e. The van der Waals surface area contributed by atoms with E-state index in [0.717, 1.165) is 51.9 Å². The molecule has 114 valence electrons. The standard InChI is InChI=1S/C14H25N3O3/c1-16-6-3-7-17(9-8-16)14(20)15-10-11-4-2-5-12(11)13(18)19/h11-12H,2-10H2,1H3,(H,15,20)(H,18,19). The number of carboxylic acid groups (broad SMARTS) is 1. The minimum atomic E-state index is -0.724. The van der Waals surface area contributed by atoms with Crippen LogP contribution in [-0.4, -0.2) is 66.7 Å². The molecule has 0 radical (unpaired) electrons. The van der Waals surface area contributed by atoms with Crippen molar-refractivity contribution in [3.8, 4) is 0 Å². The van der Waals surface area contributed by atoms with Crippen molar-refractivity contribution >= 4 is 12.0 Å². The molecule has 1 aliphatic heterocycles. The third-order valence-electron chi connectivity index (χ3n) is 4.50. The number of carbonyl (C=O) groups is 2. The molecular weight excluding hydrogens is 258 g/mol. The fourth-order valence-electron chi connectivity index (χ4n) is 3.19. The first-order chi connectivity index (χ1) is 9.58. The molecule has 2 atom stereocenters. The minimum Gasteiger partial charge on any atom is -0.481 e. The van der Waals surface area contributed by atoms with Crippen LogP contribution in [0.4, 0.5) is 4.79 Å². The maximum absolute atomic E-state index is 12.1. The predicted molar refractivity (Wildman–Crippen MR) is 75.6 cm³/mol. The summed E-state index contributed by atoms with van der Waals surface area (Å²) in [5.41, 5.74) is 0. The summed E-state index contributed by atoms with van der Waals surface area (Å²) in [5, 5.41) is 12.1. The molecule has 0 aromatic rings. The lowest BCUT2D eigenvalue weighted by molar-refractivity contribution is -0.142. The maximum Gasteiger partial charge on any atom is 0.317 e. The average molecular weight is 283 g/mol. The van der Waals surface area contributed by atoms with Gasteiger partial charge in [-0.25, -0.2) is 4.79 Å². The zero-order valence-corrected chi connectivity index (χ0v) is 12.2. The number of hydrogen-bond acceptors (Lipinski definition) is 3. The van der Waals surface area contributed by atoms with E-state index in [1.165, 1.54) is 0 Å². The number of nitrogens with zero attached hydrogens (tertiary/aromatic N) is 2. The third kappa shape index (κ3) is 3.85. The molecule has 2 aliphatic rings. The summed E-state index contributed by atoms with van der Waals surface area (Å²) in [6.07, 6.45) is 3.58. The zero-order valence-electron chi connectivity index (χ0n) is 12.2. The van der Waals surface area contributed by atoms with Crippen molar-refractivity contribution in [3.05, 3.63) is 0 Å². The fourth-order valence-corrected chi connectivity index (χ4v) is 3.19. The number of aliphatic carboxylic acids is 1. The van der Waals surface area contributed by atoms with E-state index in [0.29, 0.717) is 6.54 Å². The Kier molecular flexibility index (Phi) is 5.23. The Morgan fingerprint density at radius 2 is 1.95 bits per heavy atom. The van der Waals surface area contributed by atoms with Crippen LogP contribution in [0.15, 0.2) is 0 Å². The van der Waals surface area contributed by atoms with E-state index in [9.17, 15) is 9.59 Å². The molecule has 2 unspecified atom stereocenters. The van der Waals surface area contributed by atoms with Crippen molar-refractivity contribution in [3.63, 3.8) is 0 Å². The summed E-state index contributed by atoms with van der Waals surface area (Å²) in [6, 6.07) is -0.0451. The maximum atomic E-state index is 12.1. The van der Waals surface area contributed by atoms with Crippen molar-refractivity contribution in [2.24, 2.45) is 11.8 Å². The predicted octanol–water partition coefficient (Wildman–Crippen LogP) is 0.834. The molecule has 2 fully saturated rings. The van der Waals surface area contributed by atoms with Gasteiger partial charge in [-0.15, -0.1) is 0 Å². The molecule has 1 saturated heterocycles. The van der Waals surface area contributed by atoms with Crippen LogP contribution in [0.2, 0.25) is 0 Å². The van der Waals surface area contributed by atoms with Gasteiger partial charge in [0.05, 0.1) is 5.92 Å². The summed E-state index contributed by atoms with van der Waals surface area (Å²) < 4.78 is 0. The van der Waals surface area contributed by atoms with Crippen molar-refractivity contribution in [1.29, 1.82) is 0 Å². The van der Waals surface area contributed by atoms with Crippen molar-refractivity contribution < 1.29 is 14.7 Å². The summed E-state index contributed by atoms with van der Waals surface area (Å²) >= 11 is 0. The third-order valence-corrected chi connectivity index (χ3v) is 4.50. The second kappa shape index (κ2) is 6.92. The summed E-state index contributed by atoms with van der Waals surface area (Å²) in [4.78, 5) is 27.3. The van der Waals surface area contributed by atoms with Gasteiger partial charge in [-0.2, -0.15) is 0 Å². The van der Waals surface area contributed by atoms with Crippen LogP contribution in [0.25, 0.3) is 0 Å². The van der Waals surface area contributed by atoms with Gasteiger partial charge in [0.25, 0.3) is 0 Å². The van der Waals surface area contributed by atoms with Gasteiger partial charge < -0.3 is 20.2 Å². The molecule has 20 heavy (non-hydrogen) atoms. The number of carboxylic acids is 1. The number of likely N-dealkylation sites (N-methyl/N-ethyl adjacent to an activating group) is 1. The Balaban J connectivity index is 1.78. The quantitative estimate of drug-likeness (QED) is 0.805. The number of amides is 2. The van der Waals surface area contributed by atoms with E-state index in [4.69, 9.17) is 5.11 Å². The molecule has 1 saturated carbocycles. The molecule has 0 spiro atoms. The first-order valence-corrected chi connectivity index (χ1v) is 7.52. The molecule has 0 bridgehead atoms. The Hall–Kier alpha value is -1.30. The molecule has 1 heterocycles. The van der Waals surface area contributed by atoms with Gasteiger partial charge in [0.15, 0.2) is 0 Å². The Bertz CT molecular complexity index is 362. The van der Waals surface area contributed by atoms with E-state index in [-0.39, 0.29) is 17.9 Å². The topological polar surface area (TPSA) is 72.9 Å². The number of carbonyl (C=O) groups excluding carboxylic acids is 1. The Morgan fingerprint density at radius 1 is 1.15 bits per heavy atom. The van der Waals surface area contributed by atoms with Gasteiger partial charge >= 0.3 is 12.0 Å². The summed E-state index contributed by atoms with van der Waals surface area (Å²) in [5.74, 6) is -0.921. The van der Waals surface area contributed by atoms with Crippen molar-refractivity contribution in [1.82, 2.24) is 15.1 Å². The van der Waals surface area contributed by atoms with Crippen molar-refractivity contribution in [2.75, 3.05) is 39.8 Å². The number of hydrogen-bond donors (Lipinski definition) is 2. The molecule has 0 aromatic carbocycles. The summed E-state index contributed by atoms with van der Waals surface area (Å²) in [6.45, 7) is 3.93. The Labute approximate surface area is 120 Å². The first-order valence-electron chi connectivity index (χ1n) is 7.52. The number of urea groups is 1. The highest BCUT2D eigenvalue weighted by Gasteiger charge is 2.33. The van der Waals surface area contributed by atoms with Crippen molar-refractivity contribution in [2.45, 2.75) is 25.7 Å². The molecule has 2 rings (SSSR count). The van der Waals surface area contributed by atoms with Crippen LogP contribution >= 0.6 is 0 Å². The van der Waals surface area contributed by atoms with E-state index in [1.807, 2.05) is 4.90 Å². The minimum absolute atomic E-state index is 0.0451. The SMILES string of the molecule is CN1CCCN(C(=O)NCC2CCCC2C(=O)O)CC1. The second-order valence-corrected chi connectivity index (χ2v) is 5.97. The van der Waals surface area contributed by atoms with Crippen LogP contribution in [-0.2, 0) is 4.79 Å². The molecule has 0 aromatic heterocycles. The summed E-state index contributed by atoms with van der Waals surface area (Å²) in [7, 11) is 2.07. The van der Waals surface area contributed by atoms with Gasteiger partial charge in [0.2, 0.25) is 0 Å². The molecular formula is C14H25N3O3. The van der Waals surface area contributed by atoms with Crippen LogP contribution < -0.4 is 5.32 Å². The highest BCUT2D eigenvalue weighted by molar-refractivity contribution is 5.74. The zero-order chi connectivity index (χ0) is 14.5. The van der Waals surface area contributed by atoms with E-state index in [1.54, 1.807) is 0 Å². The average Bonchev–Trinajstić information content (AvgIpc) is 2.78. The van der Waals surface area contributed by atoms with E-state index < -0.39 is 5.97 Å². The number of rotatable bonds is 3. The second-order valence-electron chi connectivity index (χ2n) is 5.97. The van der Waals surface area contributed by atoms with Gasteiger partial charge in [0, 0.05) is 26.2 Å². The van der Waals surface area contributed by atoms with Crippen LogP contribution in [0.5, 0.6) is 0 Å². The molecule has 2 N–H and O–H groups in total. The molecule has 6 heteroatoms.